The van der Waals surface area contributed by atoms with E-state index in [2.05, 4.69) is 131 Å². The fourth-order valence-corrected chi connectivity index (χ4v) is 9.70. The van der Waals surface area contributed by atoms with Crippen molar-refractivity contribution < 1.29 is 49.0 Å². The number of rotatable bonds is 3. The van der Waals surface area contributed by atoms with Crippen LogP contribution in [0, 0.1) is 30.7 Å². The maximum absolute atomic E-state index is 3.67. The summed E-state index contributed by atoms with van der Waals surface area (Å²) in [5.41, 5.74) is 13.9. The molecule has 48 heavy (non-hydrogen) atoms. The summed E-state index contributed by atoms with van der Waals surface area (Å²) in [6, 6.07) is 32.9. The van der Waals surface area contributed by atoms with Crippen molar-refractivity contribution >= 4 is 3.71 Å². The molecule has 0 heterocycles. The number of benzene rings is 3. The molecule has 0 aliphatic heterocycles. The first-order chi connectivity index (χ1) is 21.8. The molecule has 5 aliphatic carbocycles. The van der Waals surface area contributed by atoms with Gasteiger partial charge in [-0.2, -0.15) is 47.0 Å². The first-order valence-electron chi connectivity index (χ1n) is 17.8. The Bertz CT molecular complexity index is 1570. The van der Waals surface area contributed by atoms with Crippen molar-refractivity contribution in [3.63, 3.8) is 0 Å². The molecule has 4 saturated carbocycles. The van der Waals surface area contributed by atoms with Crippen LogP contribution in [0.5, 0.6) is 0 Å². The third-order valence-electron chi connectivity index (χ3n) is 11.2. The third-order valence-corrected chi connectivity index (χ3v) is 11.7. The molecule has 0 nitrogen and oxygen atoms in total. The van der Waals surface area contributed by atoms with E-state index in [1.807, 2.05) is 6.07 Å². The molecule has 0 saturated heterocycles. The molecular weight excluding hydrogens is 703 g/mol. The number of aryl methyl sites for hydroxylation is 1. The molecule has 3 heteroatoms. The monoisotopic (exact) mass is 754 g/mol. The number of hydrogen-bond donors (Lipinski definition) is 0. The van der Waals surface area contributed by atoms with Gasteiger partial charge < -0.3 is 24.8 Å². The van der Waals surface area contributed by atoms with Crippen LogP contribution in [0.2, 0.25) is 0 Å². The molecule has 4 bridgehead atoms. The van der Waals surface area contributed by atoms with Crippen molar-refractivity contribution in [2.45, 2.75) is 116 Å². The Balaban J connectivity index is 0.000000171. The van der Waals surface area contributed by atoms with E-state index in [9.17, 15) is 0 Å². The Kier molecular flexibility index (Phi) is 12.8. The van der Waals surface area contributed by atoms with Gasteiger partial charge in [-0.1, -0.05) is 96.9 Å². The van der Waals surface area contributed by atoms with Gasteiger partial charge in [-0.25, -0.2) is 6.07 Å². The van der Waals surface area contributed by atoms with Crippen molar-refractivity contribution in [2.24, 2.45) is 17.8 Å². The number of fused-ring (bicyclic) bond motifs is 3. The standard InChI is InChI=1S/C21H25.C16H21.C8H8.2ClH.Zr/c1-20(2,3)16-7-9-18-14(12-16)11-15-13-17(21(4,5)6)8-10-19(15)18;1-11-2-3-15(4-11)16-8-12-5-13(9-16)7-14(6-12)10-16;1-2-8-6-4-3-5-7-8;;;/h7-10,12H,11H2,1-6H3;2-4,12-14H,5-10H2,1H3;1,3-7H,2H2;2*1H;/q2*-1;;;;+2/p-2. The number of halogens is 2. The zero-order chi connectivity index (χ0) is 32.7. The topological polar surface area (TPSA) is 0 Å². The van der Waals surface area contributed by atoms with E-state index in [1.165, 1.54) is 88.0 Å². The van der Waals surface area contributed by atoms with E-state index in [4.69, 9.17) is 0 Å². The summed E-state index contributed by atoms with van der Waals surface area (Å²) in [6.07, 6.45) is 11.3. The third kappa shape index (κ3) is 8.79. The van der Waals surface area contributed by atoms with Gasteiger partial charge >= 0.3 is 70.3 Å². The van der Waals surface area contributed by atoms with E-state index in [-0.39, 0.29) is 35.6 Å². The van der Waals surface area contributed by atoms with Gasteiger partial charge in [-0.05, 0) is 65.4 Å². The molecule has 5 aliphatic rings. The van der Waals surface area contributed by atoms with Crippen molar-refractivity contribution in [1.29, 1.82) is 0 Å². The Morgan fingerprint density at radius 3 is 1.92 bits per heavy atom. The number of hydrogen-bond acceptors (Lipinski definition) is 0. The molecule has 0 atom stereocenters. The predicted molar refractivity (Wildman–Crippen MR) is 194 cm³/mol. The molecule has 0 amide bonds. The van der Waals surface area contributed by atoms with Gasteiger partial charge in [0.1, 0.15) is 0 Å². The van der Waals surface area contributed by atoms with Gasteiger partial charge in [0.25, 0.3) is 0 Å². The first-order valence-corrected chi connectivity index (χ1v) is 19.2. The van der Waals surface area contributed by atoms with Crippen LogP contribution in [-0.4, -0.2) is 3.71 Å². The van der Waals surface area contributed by atoms with Crippen LogP contribution in [0.25, 0.3) is 11.1 Å². The van der Waals surface area contributed by atoms with Gasteiger partial charge in [0.2, 0.25) is 0 Å². The Morgan fingerprint density at radius 1 is 0.792 bits per heavy atom. The van der Waals surface area contributed by atoms with Crippen LogP contribution in [0.1, 0.15) is 119 Å². The fourth-order valence-electron chi connectivity index (χ4n) is 9.12. The van der Waals surface area contributed by atoms with Gasteiger partial charge in [-0.3, -0.25) is 0 Å². The summed E-state index contributed by atoms with van der Waals surface area (Å²) in [5.74, 6) is 3.21. The second-order valence-electron chi connectivity index (χ2n) is 17.1. The normalized spacial score (nSPS) is 22.9. The SMILES string of the molecule is CC(C)(C)c1[c-]c2c(cc1)-c1ccc(C(C)(C)C)cc1C2.Cc1cc(C23CC4CC(CC(C4)C2)C3)c[cH-]1.[Cl-].[Cl-].[Zr+2]=[CH]Cc1ccccc1. The summed E-state index contributed by atoms with van der Waals surface area (Å²) in [4.78, 5) is 0. The van der Waals surface area contributed by atoms with Gasteiger partial charge in [0, 0.05) is 0 Å². The molecule has 0 aromatic heterocycles. The molecule has 0 spiro atoms. The van der Waals surface area contributed by atoms with Crippen LogP contribution in [0.4, 0.5) is 0 Å². The van der Waals surface area contributed by atoms with E-state index in [0.29, 0.717) is 5.41 Å². The summed E-state index contributed by atoms with van der Waals surface area (Å²) in [5, 5.41) is 0. The molecule has 0 radical (unpaired) electrons. The second kappa shape index (κ2) is 15.7. The molecule has 4 fully saturated rings. The van der Waals surface area contributed by atoms with E-state index >= 15 is 0 Å². The van der Waals surface area contributed by atoms with E-state index < -0.39 is 0 Å². The Hall–Kier alpha value is -1.66. The second-order valence-corrected chi connectivity index (χ2v) is 18.1. The minimum atomic E-state index is 0. The molecule has 9 rings (SSSR count). The summed E-state index contributed by atoms with van der Waals surface area (Å²) in [6.45, 7) is 15.8. The van der Waals surface area contributed by atoms with E-state index in [0.717, 1.165) is 30.6 Å². The van der Waals surface area contributed by atoms with Gasteiger partial charge in [0.15, 0.2) is 0 Å². The van der Waals surface area contributed by atoms with Crippen LogP contribution < -0.4 is 24.8 Å². The first kappa shape index (κ1) is 39.1. The van der Waals surface area contributed by atoms with Gasteiger partial charge in [0.05, 0.1) is 0 Å². The molecule has 0 N–H and O–H groups in total. The Labute approximate surface area is 319 Å². The molecule has 254 valence electrons. The summed E-state index contributed by atoms with van der Waals surface area (Å²) in [7, 11) is 0. The quantitative estimate of drug-likeness (QED) is 0.216. The predicted octanol–water partition coefficient (Wildman–Crippen LogP) is 5.42. The van der Waals surface area contributed by atoms with Crippen molar-refractivity contribution in [3.8, 4) is 11.1 Å². The van der Waals surface area contributed by atoms with E-state index in [1.54, 1.807) is 24.8 Å². The molecule has 4 aromatic rings. The molecule has 0 unspecified atom stereocenters. The van der Waals surface area contributed by atoms with Crippen molar-refractivity contribution in [2.75, 3.05) is 0 Å². The van der Waals surface area contributed by atoms with Crippen LogP contribution in [0.15, 0.2) is 78.9 Å². The minimum absolute atomic E-state index is 0. The molecule has 4 aromatic carbocycles. The van der Waals surface area contributed by atoms with Crippen molar-refractivity contribution in [3.05, 3.63) is 124 Å². The molecular formula is C45H54Cl2Zr-2. The van der Waals surface area contributed by atoms with Crippen LogP contribution in [-0.2, 0) is 53.3 Å². The fraction of sp³-hybridized carbons (Fsp3) is 0.467. The zero-order valence-corrected chi connectivity index (χ0v) is 34.2. The van der Waals surface area contributed by atoms with Gasteiger partial charge in [-0.15, -0.1) is 11.1 Å². The van der Waals surface area contributed by atoms with Crippen LogP contribution in [0.3, 0.4) is 0 Å². The average molecular weight is 757 g/mol. The Morgan fingerprint density at radius 2 is 1.40 bits per heavy atom. The summed E-state index contributed by atoms with van der Waals surface area (Å²) >= 11 is 1.51. The van der Waals surface area contributed by atoms with Crippen LogP contribution >= 0.6 is 0 Å². The summed E-state index contributed by atoms with van der Waals surface area (Å²) < 4.78 is 2.25. The maximum atomic E-state index is 3.67. The zero-order valence-electron chi connectivity index (χ0n) is 30.2. The van der Waals surface area contributed by atoms with Crippen molar-refractivity contribution in [1.82, 2.24) is 0 Å². The average Bonchev–Trinajstić information content (AvgIpc) is 3.60.